The molecule has 0 aliphatic carbocycles. The van der Waals surface area contributed by atoms with Gasteiger partial charge in [-0.25, -0.2) is 14.8 Å². The zero-order valence-electron chi connectivity index (χ0n) is 10.7. The van der Waals surface area contributed by atoms with E-state index in [1.807, 2.05) is 13.0 Å². The quantitative estimate of drug-likeness (QED) is 0.645. The first-order valence-corrected chi connectivity index (χ1v) is 5.74. The highest BCUT2D eigenvalue weighted by atomic mass is 19.1. The lowest BCUT2D eigenvalue weighted by Gasteiger charge is -2.18. The van der Waals surface area contributed by atoms with Gasteiger partial charge in [-0.1, -0.05) is 12.1 Å². The Morgan fingerprint density at radius 1 is 1.32 bits per heavy atom. The van der Waals surface area contributed by atoms with Crippen molar-refractivity contribution in [3.05, 3.63) is 53.2 Å². The molecule has 19 heavy (non-hydrogen) atoms. The molecule has 0 amide bonds. The monoisotopic (exact) mass is 262 g/mol. The lowest BCUT2D eigenvalue weighted by Crippen LogP contribution is -2.30. The van der Waals surface area contributed by atoms with Crippen molar-refractivity contribution in [2.45, 2.75) is 13.0 Å². The molecule has 1 aromatic heterocycles. The molecular weight excluding hydrogens is 247 g/mol. The zero-order chi connectivity index (χ0) is 13.8. The number of rotatable bonds is 4. The molecular formula is C13H15FN4O. The van der Waals surface area contributed by atoms with Gasteiger partial charge in [0.15, 0.2) is 0 Å². The van der Waals surface area contributed by atoms with E-state index in [2.05, 4.69) is 15.4 Å². The summed E-state index contributed by atoms with van der Waals surface area (Å²) in [4.78, 5) is 8.20. The van der Waals surface area contributed by atoms with Crippen LogP contribution in [0, 0.1) is 12.7 Å². The van der Waals surface area contributed by atoms with Crippen molar-refractivity contribution in [1.29, 1.82) is 0 Å². The summed E-state index contributed by atoms with van der Waals surface area (Å²) in [6.07, 6.45) is 3.01. The standard InChI is InChI=1S/C13H15FN4O/c1-8-3-4-9(10(14)7-8)11(18-15)12-13(19-2)17-6-5-16-12/h3-7,11,18H,15H2,1-2H3. The third-order valence-electron chi connectivity index (χ3n) is 2.79. The lowest BCUT2D eigenvalue weighted by atomic mass is 10.0. The Balaban J connectivity index is 2.50. The Kier molecular flexibility index (Phi) is 4.03. The van der Waals surface area contributed by atoms with Gasteiger partial charge >= 0.3 is 0 Å². The van der Waals surface area contributed by atoms with Crippen molar-refractivity contribution in [2.24, 2.45) is 5.84 Å². The van der Waals surface area contributed by atoms with Crippen LogP contribution in [0.4, 0.5) is 4.39 Å². The summed E-state index contributed by atoms with van der Waals surface area (Å²) < 4.78 is 19.1. The number of halogens is 1. The van der Waals surface area contributed by atoms with Crippen LogP contribution in [0.3, 0.4) is 0 Å². The molecule has 1 heterocycles. The highest BCUT2D eigenvalue weighted by Gasteiger charge is 2.22. The van der Waals surface area contributed by atoms with Crippen molar-refractivity contribution in [1.82, 2.24) is 15.4 Å². The number of ether oxygens (including phenoxy) is 1. The minimum Gasteiger partial charge on any atom is -0.480 e. The van der Waals surface area contributed by atoms with Gasteiger partial charge in [0.05, 0.1) is 13.2 Å². The topological polar surface area (TPSA) is 73.1 Å². The first-order valence-electron chi connectivity index (χ1n) is 5.74. The van der Waals surface area contributed by atoms with E-state index in [4.69, 9.17) is 10.6 Å². The minimum atomic E-state index is -0.621. The van der Waals surface area contributed by atoms with Crippen LogP contribution in [0.25, 0.3) is 0 Å². The molecule has 0 radical (unpaired) electrons. The van der Waals surface area contributed by atoms with E-state index in [1.165, 1.54) is 25.6 Å². The molecule has 0 spiro atoms. The number of benzene rings is 1. The van der Waals surface area contributed by atoms with Crippen LogP contribution in [0.5, 0.6) is 5.88 Å². The number of nitrogens with zero attached hydrogens (tertiary/aromatic N) is 2. The zero-order valence-corrected chi connectivity index (χ0v) is 10.7. The van der Waals surface area contributed by atoms with Crippen LogP contribution >= 0.6 is 0 Å². The highest BCUT2D eigenvalue weighted by Crippen LogP contribution is 2.27. The van der Waals surface area contributed by atoms with Crippen LogP contribution in [-0.4, -0.2) is 17.1 Å². The Morgan fingerprint density at radius 3 is 2.68 bits per heavy atom. The van der Waals surface area contributed by atoms with Gasteiger partial charge in [-0.05, 0) is 18.6 Å². The van der Waals surface area contributed by atoms with E-state index in [0.29, 0.717) is 17.1 Å². The average molecular weight is 262 g/mol. The third-order valence-corrected chi connectivity index (χ3v) is 2.79. The van der Waals surface area contributed by atoms with Gasteiger partial charge in [0.1, 0.15) is 11.5 Å². The Bertz CT molecular complexity index is 576. The van der Waals surface area contributed by atoms with Gasteiger partial charge < -0.3 is 4.74 Å². The molecule has 5 nitrogen and oxygen atoms in total. The number of hydrogen-bond donors (Lipinski definition) is 2. The van der Waals surface area contributed by atoms with E-state index in [0.717, 1.165) is 5.56 Å². The van der Waals surface area contributed by atoms with Crippen LogP contribution in [0.1, 0.15) is 22.9 Å². The van der Waals surface area contributed by atoms with Crippen molar-refractivity contribution in [2.75, 3.05) is 7.11 Å². The summed E-state index contributed by atoms with van der Waals surface area (Å²) in [5.41, 5.74) is 4.22. The third kappa shape index (κ3) is 2.69. The Morgan fingerprint density at radius 2 is 2.05 bits per heavy atom. The second-order valence-electron chi connectivity index (χ2n) is 4.08. The van der Waals surface area contributed by atoms with Gasteiger partial charge in [0, 0.05) is 18.0 Å². The number of methoxy groups -OCH3 is 1. The van der Waals surface area contributed by atoms with Crippen molar-refractivity contribution in [3.63, 3.8) is 0 Å². The molecule has 2 aromatic rings. The highest BCUT2D eigenvalue weighted by molar-refractivity contribution is 5.35. The van der Waals surface area contributed by atoms with Gasteiger partial charge in [-0.2, -0.15) is 0 Å². The number of nitrogens with one attached hydrogen (secondary N) is 1. The fraction of sp³-hybridized carbons (Fsp3) is 0.231. The predicted octanol–water partition coefficient (Wildman–Crippen LogP) is 1.49. The normalized spacial score (nSPS) is 12.2. The van der Waals surface area contributed by atoms with Crippen LogP contribution < -0.4 is 16.0 Å². The average Bonchev–Trinajstić information content (AvgIpc) is 2.42. The van der Waals surface area contributed by atoms with Gasteiger partial charge in [-0.15, -0.1) is 0 Å². The largest absolute Gasteiger partial charge is 0.480 e. The van der Waals surface area contributed by atoms with E-state index < -0.39 is 6.04 Å². The fourth-order valence-electron chi connectivity index (χ4n) is 1.87. The van der Waals surface area contributed by atoms with E-state index >= 15 is 0 Å². The van der Waals surface area contributed by atoms with E-state index in [1.54, 1.807) is 6.07 Å². The molecule has 1 unspecified atom stereocenters. The van der Waals surface area contributed by atoms with Gasteiger partial charge in [-0.3, -0.25) is 10.8 Å². The smallest absolute Gasteiger partial charge is 0.237 e. The number of aromatic nitrogens is 2. The summed E-state index contributed by atoms with van der Waals surface area (Å²) in [6.45, 7) is 1.82. The Labute approximate surface area is 110 Å². The molecule has 0 saturated heterocycles. The molecule has 6 heteroatoms. The molecule has 0 fully saturated rings. The summed E-state index contributed by atoms with van der Waals surface area (Å²) in [5.74, 6) is 5.49. The minimum absolute atomic E-state index is 0.311. The summed E-state index contributed by atoms with van der Waals surface area (Å²) in [5, 5.41) is 0. The Hall–Kier alpha value is -2.05. The molecule has 1 atom stereocenters. The second kappa shape index (κ2) is 5.73. The van der Waals surface area contributed by atoms with Gasteiger partial charge in [0.25, 0.3) is 0 Å². The first kappa shape index (κ1) is 13.4. The van der Waals surface area contributed by atoms with Crippen molar-refractivity contribution >= 4 is 0 Å². The molecule has 0 bridgehead atoms. The molecule has 0 saturated carbocycles. The van der Waals surface area contributed by atoms with Crippen LogP contribution in [0.15, 0.2) is 30.6 Å². The van der Waals surface area contributed by atoms with Crippen LogP contribution in [0.2, 0.25) is 0 Å². The molecule has 100 valence electrons. The fourth-order valence-corrected chi connectivity index (χ4v) is 1.87. The summed E-state index contributed by atoms with van der Waals surface area (Å²) in [7, 11) is 1.48. The predicted molar refractivity (Wildman–Crippen MR) is 68.9 cm³/mol. The van der Waals surface area contributed by atoms with Crippen molar-refractivity contribution in [3.8, 4) is 5.88 Å². The molecule has 3 N–H and O–H groups in total. The summed E-state index contributed by atoms with van der Waals surface area (Å²) in [6, 6.07) is 4.31. The number of nitrogens with two attached hydrogens (primary N) is 1. The maximum Gasteiger partial charge on any atom is 0.237 e. The molecule has 2 rings (SSSR count). The van der Waals surface area contributed by atoms with Crippen molar-refractivity contribution < 1.29 is 9.13 Å². The SMILES string of the molecule is COc1nccnc1C(NN)c1ccc(C)cc1F. The molecule has 0 aliphatic rings. The number of hydrazine groups is 1. The molecule has 1 aromatic carbocycles. The second-order valence-corrected chi connectivity index (χ2v) is 4.08. The number of aryl methyl sites for hydroxylation is 1. The summed E-state index contributed by atoms with van der Waals surface area (Å²) >= 11 is 0. The van der Waals surface area contributed by atoms with E-state index in [-0.39, 0.29) is 5.82 Å². The lowest BCUT2D eigenvalue weighted by molar-refractivity contribution is 0.382. The maximum atomic E-state index is 14.0. The van der Waals surface area contributed by atoms with E-state index in [9.17, 15) is 4.39 Å². The molecule has 0 aliphatic heterocycles. The van der Waals surface area contributed by atoms with Gasteiger partial charge in [0.2, 0.25) is 5.88 Å². The maximum absolute atomic E-state index is 14.0. The number of hydrogen-bond acceptors (Lipinski definition) is 5. The first-order chi connectivity index (χ1) is 9.17. The van der Waals surface area contributed by atoms with Crippen LogP contribution in [-0.2, 0) is 0 Å².